The fraction of sp³-hybridized carbons (Fsp3) is 0.667. The molecule has 0 spiro atoms. The zero-order chi connectivity index (χ0) is 8.93. The number of hydrazine groups is 1. The van der Waals surface area contributed by atoms with E-state index in [0.717, 1.165) is 12.2 Å². The number of H-pyrrole nitrogens is 1. The predicted molar refractivity (Wildman–Crippen MR) is 50.9 cm³/mol. The van der Waals surface area contributed by atoms with Crippen molar-refractivity contribution in [2.75, 3.05) is 13.1 Å². The monoisotopic (exact) mass is 180 g/mol. The van der Waals surface area contributed by atoms with Gasteiger partial charge in [0, 0.05) is 25.0 Å². The Hall–Kier alpha value is -0.870. The van der Waals surface area contributed by atoms with Gasteiger partial charge < -0.3 is 4.98 Å². The molecule has 2 N–H and O–H groups in total. The molecule has 1 aromatic heterocycles. The molecule has 0 unspecified atom stereocenters. The standard InChI is InChI=1S/C9H16N4/c1-2-4-13(5-3-1)12-7-9-6-10-8-11-9/h6,8,12H,1-5,7H2,(H,10,11). The first-order valence-corrected chi connectivity index (χ1v) is 4.91. The first kappa shape index (κ1) is 8.72. The third-order valence-corrected chi connectivity index (χ3v) is 2.40. The zero-order valence-electron chi connectivity index (χ0n) is 7.79. The number of rotatable bonds is 3. The third kappa shape index (κ3) is 2.54. The maximum absolute atomic E-state index is 3.97. The minimum absolute atomic E-state index is 0.861. The predicted octanol–water partition coefficient (Wildman–Crippen LogP) is 0.900. The van der Waals surface area contributed by atoms with Crippen molar-refractivity contribution in [3.8, 4) is 0 Å². The Labute approximate surface area is 78.3 Å². The maximum Gasteiger partial charge on any atom is 0.0922 e. The van der Waals surface area contributed by atoms with Gasteiger partial charge in [0.15, 0.2) is 0 Å². The molecule has 4 nitrogen and oxygen atoms in total. The summed E-state index contributed by atoms with van der Waals surface area (Å²) < 4.78 is 0. The molecule has 0 atom stereocenters. The summed E-state index contributed by atoms with van der Waals surface area (Å²) >= 11 is 0. The number of imidazole rings is 1. The molecule has 4 heteroatoms. The third-order valence-electron chi connectivity index (χ3n) is 2.40. The number of aromatic nitrogens is 2. The summed E-state index contributed by atoms with van der Waals surface area (Å²) in [5.74, 6) is 0. The van der Waals surface area contributed by atoms with Gasteiger partial charge in [-0.3, -0.25) is 0 Å². The Balaban J connectivity index is 1.72. The van der Waals surface area contributed by atoms with E-state index in [9.17, 15) is 0 Å². The molecule has 1 fully saturated rings. The zero-order valence-corrected chi connectivity index (χ0v) is 7.79. The minimum atomic E-state index is 0.861. The molecule has 72 valence electrons. The van der Waals surface area contributed by atoms with E-state index < -0.39 is 0 Å². The van der Waals surface area contributed by atoms with Crippen molar-refractivity contribution < 1.29 is 0 Å². The summed E-state index contributed by atoms with van der Waals surface area (Å²) in [6.45, 7) is 3.21. The fourth-order valence-electron chi connectivity index (χ4n) is 1.63. The quantitative estimate of drug-likeness (QED) is 0.726. The van der Waals surface area contributed by atoms with Crippen LogP contribution in [0, 0.1) is 0 Å². The Morgan fingerprint density at radius 1 is 1.38 bits per heavy atom. The number of hydrogen-bond acceptors (Lipinski definition) is 3. The van der Waals surface area contributed by atoms with E-state index in [1.54, 1.807) is 6.33 Å². The fourth-order valence-corrected chi connectivity index (χ4v) is 1.63. The van der Waals surface area contributed by atoms with Crippen molar-refractivity contribution in [2.24, 2.45) is 0 Å². The number of piperidine rings is 1. The highest BCUT2D eigenvalue weighted by Gasteiger charge is 2.08. The molecule has 0 aromatic carbocycles. The van der Waals surface area contributed by atoms with Crippen molar-refractivity contribution in [2.45, 2.75) is 25.8 Å². The van der Waals surface area contributed by atoms with Crippen LogP contribution in [-0.2, 0) is 6.54 Å². The molecular weight excluding hydrogens is 164 g/mol. The van der Waals surface area contributed by atoms with Crippen LogP contribution in [0.15, 0.2) is 12.5 Å². The molecule has 0 amide bonds. The highest BCUT2D eigenvalue weighted by Crippen LogP contribution is 2.06. The van der Waals surface area contributed by atoms with E-state index in [-0.39, 0.29) is 0 Å². The van der Waals surface area contributed by atoms with Crippen LogP contribution in [-0.4, -0.2) is 28.1 Å². The second-order valence-electron chi connectivity index (χ2n) is 3.46. The van der Waals surface area contributed by atoms with Crippen LogP contribution in [0.3, 0.4) is 0 Å². The van der Waals surface area contributed by atoms with Crippen molar-refractivity contribution in [3.05, 3.63) is 18.2 Å². The van der Waals surface area contributed by atoms with Crippen LogP contribution in [0.5, 0.6) is 0 Å². The lowest BCUT2D eigenvalue weighted by Crippen LogP contribution is -2.41. The largest absolute Gasteiger partial charge is 0.347 e. The van der Waals surface area contributed by atoms with Gasteiger partial charge in [0.2, 0.25) is 0 Å². The lowest BCUT2D eigenvalue weighted by molar-refractivity contribution is 0.150. The van der Waals surface area contributed by atoms with Gasteiger partial charge in [0.05, 0.1) is 12.9 Å². The molecule has 1 aromatic rings. The summed E-state index contributed by atoms with van der Waals surface area (Å²) in [6, 6.07) is 0. The molecule has 1 aliphatic heterocycles. The highest BCUT2D eigenvalue weighted by molar-refractivity contribution is 4.92. The van der Waals surface area contributed by atoms with Gasteiger partial charge in [0.1, 0.15) is 0 Å². The van der Waals surface area contributed by atoms with Crippen molar-refractivity contribution in [1.82, 2.24) is 20.4 Å². The molecule has 2 rings (SSSR count). The Bertz CT molecular complexity index is 226. The van der Waals surface area contributed by atoms with Crippen LogP contribution >= 0.6 is 0 Å². The summed E-state index contributed by atoms with van der Waals surface area (Å²) in [5.41, 5.74) is 4.53. The summed E-state index contributed by atoms with van der Waals surface area (Å²) in [6.07, 6.45) is 7.58. The molecule has 0 bridgehead atoms. The smallest absolute Gasteiger partial charge is 0.0922 e. The lowest BCUT2D eigenvalue weighted by atomic mass is 10.2. The van der Waals surface area contributed by atoms with Crippen molar-refractivity contribution in [1.29, 1.82) is 0 Å². The van der Waals surface area contributed by atoms with E-state index in [2.05, 4.69) is 20.4 Å². The average molecular weight is 180 g/mol. The van der Waals surface area contributed by atoms with Gasteiger partial charge in [-0.1, -0.05) is 6.42 Å². The number of aromatic amines is 1. The Kier molecular flexibility index (Phi) is 2.94. The van der Waals surface area contributed by atoms with Crippen LogP contribution in [0.2, 0.25) is 0 Å². The van der Waals surface area contributed by atoms with Crippen LogP contribution < -0.4 is 5.43 Å². The van der Waals surface area contributed by atoms with Crippen LogP contribution in [0.1, 0.15) is 25.0 Å². The van der Waals surface area contributed by atoms with Gasteiger partial charge in [-0.2, -0.15) is 0 Å². The summed E-state index contributed by atoms with van der Waals surface area (Å²) in [5, 5.41) is 2.30. The second-order valence-corrected chi connectivity index (χ2v) is 3.46. The number of nitrogens with one attached hydrogen (secondary N) is 2. The van der Waals surface area contributed by atoms with E-state index >= 15 is 0 Å². The molecular formula is C9H16N4. The van der Waals surface area contributed by atoms with Gasteiger partial charge in [-0.25, -0.2) is 15.4 Å². The number of nitrogens with zero attached hydrogens (tertiary/aromatic N) is 2. The molecule has 2 heterocycles. The Morgan fingerprint density at radius 2 is 2.23 bits per heavy atom. The number of hydrogen-bond donors (Lipinski definition) is 2. The molecule has 1 aliphatic rings. The first-order chi connectivity index (χ1) is 6.45. The van der Waals surface area contributed by atoms with Crippen molar-refractivity contribution in [3.63, 3.8) is 0 Å². The van der Waals surface area contributed by atoms with E-state index in [1.807, 2.05) is 6.20 Å². The minimum Gasteiger partial charge on any atom is -0.347 e. The van der Waals surface area contributed by atoms with E-state index in [1.165, 1.54) is 32.4 Å². The normalized spacial score (nSPS) is 19.1. The van der Waals surface area contributed by atoms with Gasteiger partial charge >= 0.3 is 0 Å². The molecule has 0 saturated carbocycles. The highest BCUT2D eigenvalue weighted by atomic mass is 15.5. The molecule has 13 heavy (non-hydrogen) atoms. The topological polar surface area (TPSA) is 44.0 Å². The van der Waals surface area contributed by atoms with Gasteiger partial charge in [0.25, 0.3) is 0 Å². The van der Waals surface area contributed by atoms with Gasteiger partial charge in [-0.05, 0) is 12.8 Å². The summed E-state index contributed by atoms with van der Waals surface area (Å²) in [4.78, 5) is 7.05. The Morgan fingerprint density at radius 3 is 2.92 bits per heavy atom. The van der Waals surface area contributed by atoms with Gasteiger partial charge in [-0.15, -0.1) is 0 Å². The lowest BCUT2D eigenvalue weighted by Gasteiger charge is -2.26. The average Bonchev–Trinajstić information content (AvgIpc) is 2.69. The molecule has 0 radical (unpaired) electrons. The molecule has 0 aliphatic carbocycles. The van der Waals surface area contributed by atoms with Crippen LogP contribution in [0.25, 0.3) is 0 Å². The maximum atomic E-state index is 3.97. The van der Waals surface area contributed by atoms with Crippen LogP contribution in [0.4, 0.5) is 0 Å². The second kappa shape index (κ2) is 4.39. The van der Waals surface area contributed by atoms with Crippen molar-refractivity contribution >= 4 is 0 Å². The summed E-state index contributed by atoms with van der Waals surface area (Å²) in [7, 11) is 0. The molecule has 1 saturated heterocycles. The van der Waals surface area contributed by atoms with E-state index in [0.29, 0.717) is 0 Å². The first-order valence-electron chi connectivity index (χ1n) is 4.91. The SMILES string of the molecule is c1ncc(CNN2CCCCC2)[nH]1. The van der Waals surface area contributed by atoms with E-state index in [4.69, 9.17) is 0 Å².